The van der Waals surface area contributed by atoms with Gasteiger partial charge in [-0.2, -0.15) is 0 Å². The van der Waals surface area contributed by atoms with E-state index in [1.807, 2.05) is 4.57 Å². The fraction of sp³-hybridized carbons (Fsp3) is 0.818. The van der Waals surface area contributed by atoms with Gasteiger partial charge in [-0.05, 0) is 18.3 Å². The van der Waals surface area contributed by atoms with Gasteiger partial charge < -0.3 is 5.11 Å². The van der Waals surface area contributed by atoms with Crippen LogP contribution in [-0.4, -0.2) is 19.9 Å². The van der Waals surface area contributed by atoms with Gasteiger partial charge in [0.05, 0.1) is 0 Å². The Labute approximate surface area is 90.3 Å². The second-order valence-electron chi connectivity index (χ2n) is 5.51. The van der Waals surface area contributed by atoms with Gasteiger partial charge in [0.1, 0.15) is 17.9 Å². The lowest BCUT2D eigenvalue weighted by atomic mass is 9.92. The summed E-state index contributed by atoms with van der Waals surface area (Å²) in [7, 11) is 0. The first kappa shape index (κ1) is 10.6. The summed E-state index contributed by atoms with van der Waals surface area (Å²) in [4.78, 5) is 0. The van der Waals surface area contributed by atoms with Gasteiger partial charge in [0, 0.05) is 12.8 Å². The second kappa shape index (κ2) is 3.59. The lowest BCUT2D eigenvalue weighted by Crippen LogP contribution is -2.22. The van der Waals surface area contributed by atoms with Crippen LogP contribution in [0.25, 0.3) is 0 Å². The third-order valence-electron chi connectivity index (χ3n) is 2.69. The van der Waals surface area contributed by atoms with E-state index >= 15 is 0 Å². The number of nitrogens with zero attached hydrogens (tertiary/aromatic N) is 3. The molecule has 2 rings (SSSR count). The quantitative estimate of drug-likeness (QED) is 0.765. The van der Waals surface area contributed by atoms with Gasteiger partial charge in [0.2, 0.25) is 0 Å². The van der Waals surface area contributed by atoms with Crippen molar-refractivity contribution in [2.24, 2.45) is 5.41 Å². The third kappa shape index (κ3) is 2.20. The molecular formula is C11H19N3O. The van der Waals surface area contributed by atoms with Crippen molar-refractivity contribution >= 4 is 0 Å². The monoisotopic (exact) mass is 209 g/mol. The van der Waals surface area contributed by atoms with Crippen molar-refractivity contribution in [3.8, 4) is 0 Å². The van der Waals surface area contributed by atoms with Crippen molar-refractivity contribution in [3.05, 3.63) is 11.6 Å². The zero-order valence-corrected chi connectivity index (χ0v) is 9.69. The van der Waals surface area contributed by atoms with Crippen LogP contribution in [0.5, 0.6) is 0 Å². The summed E-state index contributed by atoms with van der Waals surface area (Å²) in [5.41, 5.74) is 0.182. The summed E-state index contributed by atoms with van der Waals surface area (Å²) in [6.07, 6.45) is 3.21. The highest BCUT2D eigenvalue weighted by atomic mass is 16.3. The molecule has 0 saturated carbocycles. The highest BCUT2D eigenvalue weighted by molar-refractivity contribution is 5.02. The number of rotatable bonds is 1. The molecule has 1 aliphatic heterocycles. The molecule has 0 saturated heterocycles. The zero-order chi connectivity index (χ0) is 11.1. The van der Waals surface area contributed by atoms with Crippen LogP contribution in [-0.2, 0) is 12.8 Å². The molecule has 1 N–H and O–H groups in total. The number of aryl methyl sites for hydroxylation is 1. The molecule has 1 unspecified atom stereocenters. The molecule has 0 bridgehead atoms. The van der Waals surface area contributed by atoms with Crippen LogP contribution in [0.4, 0.5) is 0 Å². The van der Waals surface area contributed by atoms with E-state index in [9.17, 15) is 5.11 Å². The van der Waals surface area contributed by atoms with Crippen LogP contribution in [0.1, 0.15) is 51.5 Å². The Morgan fingerprint density at radius 1 is 1.40 bits per heavy atom. The van der Waals surface area contributed by atoms with Crippen LogP contribution in [0.3, 0.4) is 0 Å². The maximum absolute atomic E-state index is 9.91. The number of aromatic nitrogens is 3. The molecule has 0 radical (unpaired) electrons. The predicted molar refractivity (Wildman–Crippen MR) is 57.4 cm³/mol. The second-order valence-corrected chi connectivity index (χ2v) is 5.51. The minimum Gasteiger partial charge on any atom is -0.373 e. The number of hydrogen-bond acceptors (Lipinski definition) is 3. The molecule has 1 atom stereocenters. The standard InChI is InChI=1S/C11H19N3O/c1-11(2,3)7-9-13-12-8-5-4-6-10(15)14(8)9/h10,15H,4-7H2,1-3H3. The summed E-state index contributed by atoms with van der Waals surface area (Å²) in [6, 6.07) is 0. The molecule has 1 aromatic rings. The first-order valence-electron chi connectivity index (χ1n) is 5.58. The zero-order valence-electron chi connectivity index (χ0n) is 9.69. The molecule has 0 aromatic carbocycles. The SMILES string of the molecule is CC(C)(C)Cc1nnc2n1C(O)CCC2. The average Bonchev–Trinajstić information content (AvgIpc) is 2.47. The molecule has 4 nitrogen and oxygen atoms in total. The molecule has 15 heavy (non-hydrogen) atoms. The van der Waals surface area contributed by atoms with E-state index in [0.29, 0.717) is 0 Å². The molecule has 0 amide bonds. The van der Waals surface area contributed by atoms with E-state index in [1.54, 1.807) is 0 Å². The van der Waals surface area contributed by atoms with Crippen molar-refractivity contribution < 1.29 is 5.11 Å². The van der Waals surface area contributed by atoms with Gasteiger partial charge in [-0.25, -0.2) is 0 Å². The minimum absolute atomic E-state index is 0.182. The van der Waals surface area contributed by atoms with Crippen LogP contribution >= 0.6 is 0 Å². The first-order chi connectivity index (χ1) is 6.97. The summed E-state index contributed by atoms with van der Waals surface area (Å²) >= 11 is 0. The largest absolute Gasteiger partial charge is 0.373 e. The van der Waals surface area contributed by atoms with E-state index in [-0.39, 0.29) is 5.41 Å². The number of aliphatic hydroxyl groups excluding tert-OH is 1. The lowest BCUT2D eigenvalue weighted by molar-refractivity contribution is 0.0736. The van der Waals surface area contributed by atoms with Crippen LogP contribution in [0, 0.1) is 5.41 Å². The fourth-order valence-electron chi connectivity index (χ4n) is 2.04. The summed E-state index contributed by atoms with van der Waals surface area (Å²) in [5, 5.41) is 18.2. The lowest BCUT2D eigenvalue weighted by Gasteiger charge is -2.24. The van der Waals surface area contributed by atoms with Gasteiger partial charge in [0.25, 0.3) is 0 Å². The van der Waals surface area contributed by atoms with Gasteiger partial charge in [0.15, 0.2) is 0 Å². The van der Waals surface area contributed by atoms with Crippen molar-refractivity contribution in [3.63, 3.8) is 0 Å². The molecule has 0 fully saturated rings. The van der Waals surface area contributed by atoms with Crippen molar-refractivity contribution in [2.45, 2.75) is 52.7 Å². The summed E-state index contributed by atoms with van der Waals surface area (Å²) in [5.74, 6) is 1.86. The number of aliphatic hydroxyl groups is 1. The third-order valence-corrected chi connectivity index (χ3v) is 2.69. The molecule has 2 heterocycles. The van der Waals surface area contributed by atoms with E-state index in [1.165, 1.54) is 0 Å². The van der Waals surface area contributed by atoms with Gasteiger partial charge in [-0.3, -0.25) is 4.57 Å². The number of fused-ring (bicyclic) bond motifs is 1. The Bertz CT molecular complexity index is 351. The Hall–Kier alpha value is -0.900. The van der Waals surface area contributed by atoms with Gasteiger partial charge in [-0.1, -0.05) is 20.8 Å². The molecule has 1 aromatic heterocycles. The highest BCUT2D eigenvalue weighted by Gasteiger charge is 2.25. The van der Waals surface area contributed by atoms with E-state index in [2.05, 4.69) is 31.0 Å². The van der Waals surface area contributed by atoms with Crippen LogP contribution in [0.15, 0.2) is 0 Å². The van der Waals surface area contributed by atoms with Gasteiger partial charge >= 0.3 is 0 Å². The van der Waals surface area contributed by atoms with E-state index in [0.717, 1.165) is 37.3 Å². The summed E-state index contributed by atoms with van der Waals surface area (Å²) < 4.78 is 1.91. The molecule has 1 aliphatic rings. The first-order valence-corrected chi connectivity index (χ1v) is 5.58. The molecule has 4 heteroatoms. The van der Waals surface area contributed by atoms with E-state index < -0.39 is 6.23 Å². The maximum atomic E-state index is 9.91. The molecule has 0 aliphatic carbocycles. The Morgan fingerprint density at radius 2 is 2.13 bits per heavy atom. The summed E-state index contributed by atoms with van der Waals surface area (Å²) in [6.45, 7) is 6.51. The van der Waals surface area contributed by atoms with Crippen molar-refractivity contribution in [1.82, 2.24) is 14.8 Å². The maximum Gasteiger partial charge on any atom is 0.135 e. The highest BCUT2D eigenvalue weighted by Crippen LogP contribution is 2.26. The molecule has 84 valence electrons. The average molecular weight is 209 g/mol. The normalized spacial score (nSPS) is 21.5. The van der Waals surface area contributed by atoms with Crippen LogP contribution < -0.4 is 0 Å². The molecular weight excluding hydrogens is 190 g/mol. The Morgan fingerprint density at radius 3 is 2.80 bits per heavy atom. The minimum atomic E-state index is -0.416. The Balaban J connectivity index is 2.30. The van der Waals surface area contributed by atoms with Crippen LogP contribution in [0.2, 0.25) is 0 Å². The Kier molecular flexibility index (Phi) is 2.54. The topological polar surface area (TPSA) is 50.9 Å². The fourth-order valence-corrected chi connectivity index (χ4v) is 2.04. The van der Waals surface area contributed by atoms with Crippen molar-refractivity contribution in [1.29, 1.82) is 0 Å². The number of hydrogen-bond donors (Lipinski definition) is 1. The predicted octanol–water partition coefficient (Wildman–Crippen LogP) is 1.69. The van der Waals surface area contributed by atoms with E-state index in [4.69, 9.17) is 0 Å². The smallest absolute Gasteiger partial charge is 0.135 e. The van der Waals surface area contributed by atoms with Gasteiger partial charge in [-0.15, -0.1) is 10.2 Å². The molecule has 0 spiro atoms. The van der Waals surface area contributed by atoms with Crippen molar-refractivity contribution in [2.75, 3.05) is 0 Å².